The molecule has 0 bridgehead atoms. The van der Waals surface area contributed by atoms with Crippen LogP contribution in [0.25, 0.3) is 0 Å². The number of thiocarbonyl (C=S) groups is 1. The number of hydrogen-bond donors (Lipinski definition) is 2. The van der Waals surface area contributed by atoms with Crippen molar-refractivity contribution in [2.75, 3.05) is 18.5 Å². The molecule has 0 heterocycles. The van der Waals surface area contributed by atoms with Gasteiger partial charge in [-0.25, -0.2) is 0 Å². The van der Waals surface area contributed by atoms with Crippen molar-refractivity contribution in [3.05, 3.63) is 52.5 Å². The predicted molar refractivity (Wildman–Crippen MR) is 116 cm³/mol. The van der Waals surface area contributed by atoms with Gasteiger partial charge in [-0.2, -0.15) is 0 Å². The van der Waals surface area contributed by atoms with Crippen molar-refractivity contribution in [3.63, 3.8) is 0 Å². The molecule has 7 heteroatoms. The lowest BCUT2D eigenvalue weighted by atomic mass is 10.2. The van der Waals surface area contributed by atoms with Crippen molar-refractivity contribution in [2.24, 2.45) is 0 Å². The summed E-state index contributed by atoms with van der Waals surface area (Å²) in [6.07, 6.45) is 2.03. The van der Waals surface area contributed by atoms with Gasteiger partial charge in [-0.1, -0.05) is 25.5 Å². The second-order valence-electron chi connectivity index (χ2n) is 5.68. The molecule has 0 saturated heterocycles. The molecule has 2 aromatic carbocycles. The van der Waals surface area contributed by atoms with E-state index in [9.17, 15) is 4.79 Å². The van der Waals surface area contributed by atoms with Gasteiger partial charge in [0, 0.05) is 5.56 Å². The number of anilines is 1. The summed E-state index contributed by atoms with van der Waals surface area (Å²) < 4.78 is 11.9. The smallest absolute Gasteiger partial charge is 0.257 e. The van der Waals surface area contributed by atoms with Gasteiger partial charge in [-0.3, -0.25) is 10.1 Å². The lowest BCUT2D eigenvalue weighted by Crippen LogP contribution is -2.34. The van der Waals surface area contributed by atoms with E-state index >= 15 is 0 Å². The summed E-state index contributed by atoms with van der Waals surface area (Å²) in [6, 6.07) is 12.6. The third-order valence-electron chi connectivity index (χ3n) is 3.61. The second-order valence-corrected chi connectivity index (χ2v) is 6.95. The first-order valence-electron chi connectivity index (χ1n) is 8.81. The van der Waals surface area contributed by atoms with E-state index in [1.807, 2.05) is 31.2 Å². The minimum atomic E-state index is -0.305. The Balaban J connectivity index is 1.99. The van der Waals surface area contributed by atoms with E-state index in [0.717, 1.165) is 12.8 Å². The Bertz CT molecular complexity index is 799. The highest BCUT2D eigenvalue weighted by Gasteiger charge is 2.12. The molecule has 0 aliphatic rings. The molecule has 2 N–H and O–H groups in total. The summed E-state index contributed by atoms with van der Waals surface area (Å²) in [5, 5.41) is 5.91. The summed E-state index contributed by atoms with van der Waals surface area (Å²) in [5.41, 5.74) is 1.19. The van der Waals surface area contributed by atoms with Gasteiger partial charge in [-0.15, -0.1) is 0 Å². The van der Waals surface area contributed by atoms with Gasteiger partial charge >= 0.3 is 0 Å². The Hall–Kier alpha value is -2.12. The number of carbonyl (C=O) groups is 1. The van der Waals surface area contributed by atoms with Gasteiger partial charge in [0.1, 0.15) is 11.5 Å². The van der Waals surface area contributed by atoms with Gasteiger partial charge in [0.05, 0.1) is 23.4 Å². The van der Waals surface area contributed by atoms with Gasteiger partial charge in [0.2, 0.25) is 0 Å². The molecule has 0 atom stereocenters. The molecule has 0 fully saturated rings. The molecule has 27 heavy (non-hydrogen) atoms. The number of hydrogen-bond acceptors (Lipinski definition) is 4. The molecule has 0 aliphatic carbocycles. The van der Waals surface area contributed by atoms with Crippen molar-refractivity contribution in [3.8, 4) is 11.5 Å². The zero-order valence-corrected chi connectivity index (χ0v) is 17.8. The Morgan fingerprint density at radius 3 is 2.59 bits per heavy atom. The zero-order valence-electron chi connectivity index (χ0n) is 15.4. The summed E-state index contributed by atoms with van der Waals surface area (Å²) in [4.78, 5) is 12.4. The third kappa shape index (κ3) is 6.52. The van der Waals surface area contributed by atoms with Crippen LogP contribution in [0, 0.1) is 0 Å². The molecular formula is C20H23BrN2O3S. The van der Waals surface area contributed by atoms with E-state index in [4.69, 9.17) is 21.7 Å². The molecule has 2 rings (SSSR count). The van der Waals surface area contributed by atoms with Crippen LogP contribution in [-0.2, 0) is 0 Å². The highest BCUT2D eigenvalue weighted by Crippen LogP contribution is 2.26. The first-order valence-corrected chi connectivity index (χ1v) is 10.0. The lowest BCUT2D eigenvalue weighted by molar-refractivity contribution is 0.0977. The van der Waals surface area contributed by atoms with Gasteiger partial charge in [0.25, 0.3) is 5.91 Å². The summed E-state index contributed by atoms with van der Waals surface area (Å²) in [6.45, 7) is 5.20. The van der Waals surface area contributed by atoms with Gasteiger partial charge < -0.3 is 14.8 Å². The standard InChI is InChI=1S/C20H23BrN2O3S/c1-3-5-12-26-18-9-7-6-8-16(18)22-20(27)23-19(24)14-10-11-17(25-4-2)15(21)13-14/h6-11,13H,3-5,12H2,1-2H3,(H2,22,23,24,27). The largest absolute Gasteiger partial charge is 0.493 e. The van der Waals surface area contributed by atoms with Crippen LogP contribution >= 0.6 is 28.1 Å². The monoisotopic (exact) mass is 450 g/mol. The summed E-state index contributed by atoms with van der Waals surface area (Å²) in [5.74, 6) is 1.08. The molecular weight excluding hydrogens is 428 g/mol. The van der Waals surface area contributed by atoms with Crippen molar-refractivity contribution in [2.45, 2.75) is 26.7 Å². The molecule has 5 nitrogen and oxygen atoms in total. The highest BCUT2D eigenvalue weighted by molar-refractivity contribution is 9.10. The molecule has 0 saturated carbocycles. The molecule has 144 valence electrons. The first-order chi connectivity index (χ1) is 13.0. The van der Waals surface area contributed by atoms with Crippen LogP contribution in [0.4, 0.5) is 5.69 Å². The van der Waals surface area contributed by atoms with E-state index in [-0.39, 0.29) is 11.0 Å². The number of benzene rings is 2. The fourth-order valence-electron chi connectivity index (χ4n) is 2.27. The van der Waals surface area contributed by atoms with Gasteiger partial charge in [0.15, 0.2) is 5.11 Å². The minimum absolute atomic E-state index is 0.205. The van der Waals surface area contributed by atoms with E-state index in [0.29, 0.717) is 40.4 Å². The quantitative estimate of drug-likeness (QED) is 0.429. The maximum Gasteiger partial charge on any atom is 0.257 e. The van der Waals surface area contributed by atoms with E-state index in [2.05, 4.69) is 33.5 Å². The van der Waals surface area contributed by atoms with Crippen molar-refractivity contribution in [1.29, 1.82) is 0 Å². The fraction of sp³-hybridized carbons (Fsp3) is 0.300. The Morgan fingerprint density at radius 2 is 1.89 bits per heavy atom. The van der Waals surface area contributed by atoms with Gasteiger partial charge in [-0.05, 0) is 71.8 Å². The molecule has 1 amide bonds. The number of halogens is 1. The average molecular weight is 451 g/mol. The second kappa shape index (κ2) is 10.9. The maximum atomic E-state index is 12.4. The normalized spacial score (nSPS) is 10.2. The fourth-order valence-corrected chi connectivity index (χ4v) is 2.96. The average Bonchev–Trinajstić information content (AvgIpc) is 2.65. The number of unbranched alkanes of at least 4 members (excludes halogenated alkanes) is 1. The number of amides is 1. The Labute approximate surface area is 173 Å². The van der Waals surface area contributed by atoms with E-state index in [1.54, 1.807) is 18.2 Å². The van der Waals surface area contributed by atoms with Crippen LogP contribution in [0.3, 0.4) is 0 Å². The maximum absolute atomic E-state index is 12.4. The van der Waals surface area contributed by atoms with Crippen molar-refractivity contribution in [1.82, 2.24) is 5.32 Å². The van der Waals surface area contributed by atoms with Crippen LogP contribution in [0.15, 0.2) is 46.9 Å². The number of carbonyl (C=O) groups excluding carboxylic acids is 1. The lowest BCUT2D eigenvalue weighted by Gasteiger charge is -2.14. The molecule has 0 aromatic heterocycles. The summed E-state index contributed by atoms with van der Waals surface area (Å²) in [7, 11) is 0. The zero-order chi connectivity index (χ0) is 19.6. The van der Waals surface area contributed by atoms with E-state index < -0.39 is 0 Å². The van der Waals surface area contributed by atoms with Crippen LogP contribution < -0.4 is 20.1 Å². The Kier molecular flexibility index (Phi) is 8.54. The van der Waals surface area contributed by atoms with Crippen LogP contribution in [0.2, 0.25) is 0 Å². The Morgan fingerprint density at radius 1 is 1.11 bits per heavy atom. The molecule has 0 unspecified atom stereocenters. The number of ether oxygens (including phenoxy) is 2. The molecule has 2 aromatic rings. The van der Waals surface area contributed by atoms with Crippen molar-refractivity contribution >= 4 is 44.9 Å². The third-order valence-corrected chi connectivity index (χ3v) is 4.44. The first kappa shape index (κ1) is 21.2. The minimum Gasteiger partial charge on any atom is -0.493 e. The van der Waals surface area contributed by atoms with Crippen molar-refractivity contribution < 1.29 is 14.3 Å². The summed E-state index contributed by atoms with van der Waals surface area (Å²) >= 11 is 8.68. The van der Waals surface area contributed by atoms with E-state index in [1.165, 1.54) is 0 Å². The topological polar surface area (TPSA) is 59.6 Å². The molecule has 0 aliphatic heterocycles. The van der Waals surface area contributed by atoms with Crippen LogP contribution in [0.5, 0.6) is 11.5 Å². The number of rotatable bonds is 8. The van der Waals surface area contributed by atoms with Crippen LogP contribution in [0.1, 0.15) is 37.0 Å². The van der Waals surface area contributed by atoms with Crippen LogP contribution in [-0.4, -0.2) is 24.2 Å². The number of nitrogens with one attached hydrogen (secondary N) is 2. The SMILES string of the molecule is CCCCOc1ccccc1NC(=S)NC(=O)c1ccc(OCC)c(Br)c1. The highest BCUT2D eigenvalue weighted by atomic mass is 79.9. The molecule has 0 spiro atoms. The number of para-hydroxylation sites is 2. The predicted octanol–water partition coefficient (Wildman–Crippen LogP) is 5.15. The molecule has 0 radical (unpaired) electrons.